The maximum absolute atomic E-state index is 12.8. The van der Waals surface area contributed by atoms with E-state index in [1.165, 1.54) is 7.11 Å². The minimum absolute atomic E-state index is 0.0680. The Balaban J connectivity index is 1.97. The molecule has 2 amide bonds. The summed E-state index contributed by atoms with van der Waals surface area (Å²) in [4.78, 5) is 26.4. The molecule has 5 nitrogen and oxygen atoms in total. The second-order valence-corrected chi connectivity index (χ2v) is 5.82. The molecule has 128 valence electrons. The second-order valence-electron chi connectivity index (χ2n) is 5.44. The third-order valence-corrected chi connectivity index (χ3v) is 4.36. The van der Waals surface area contributed by atoms with Gasteiger partial charge in [-0.2, -0.15) is 0 Å². The number of halogens is 1. The maximum Gasteiger partial charge on any atom is 0.283 e. The number of imide groups is 1. The first-order chi connectivity index (χ1) is 12.1. The minimum Gasteiger partial charge on any atom is -0.495 e. The predicted molar refractivity (Wildman–Crippen MR) is 97.8 cm³/mol. The van der Waals surface area contributed by atoms with Crippen LogP contribution in [0, 0.1) is 0 Å². The van der Waals surface area contributed by atoms with Crippen LogP contribution < -0.4 is 15.0 Å². The molecular weight excluding hydrogens is 340 g/mol. The van der Waals surface area contributed by atoms with E-state index < -0.39 is 11.8 Å². The number of amides is 2. The van der Waals surface area contributed by atoms with Crippen LogP contribution in [-0.4, -0.2) is 18.9 Å². The van der Waals surface area contributed by atoms with Crippen molar-refractivity contribution in [3.05, 3.63) is 64.8 Å². The molecule has 0 saturated carbocycles. The van der Waals surface area contributed by atoms with Gasteiger partial charge in [-0.15, -0.1) is 0 Å². The van der Waals surface area contributed by atoms with Crippen LogP contribution in [0.5, 0.6) is 5.75 Å². The fraction of sp³-hybridized carbons (Fsp3) is 0.158. The number of hydrogen-bond acceptors (Lipinski definition) is 4. The number of nitrogens with one attached hydrogen (secondary N) is 1. The van der Waals surface area contributed by atoms with Gasteiger partial charge in [0.2, 0.25) is 0 Å². The van der Waals surface area contributed by atoms with E-state index in [-0.39, 0.29) is 10.7 Å². The highest BCUT2D eigenvalue weighted by molar-refractivity contribution is 6.53. The highest BCUT2D eigenvalue weighted by Crippen LogP contribution is 2.35. The Morgan fingerprint density at radius 2 is 1.72 bits per heavy atom. The van der Waals surface area contributed by atoms with Crippen LogP contribution >= 0.6 is 11.6 Å². The largest absolute Gasteiger partial charge is 0.495 e. The summed E-state index contributed by atoms with van der Waals surface area (Å²) in [5.41, 5.74) is 2.20. The molecule has 3 rings (SSSR count). The Morgan fingerprint density at radius 3 is 2.44 bits per heavy atom. The van der Waals surface area contributed by atoms with E-state index in [2.05, 4.69) is 5.32 Å². The fourth-order valence-electron chi connectivity index (χ4n) is 2.73. The van der Waals surface area contributed by atoms with Gasteiger partial charge < -0.3 is 10.1 Å². The van der Waals surface area contributed by atoms with Crippen molar-refractivity contribution in [3.8, 4) is 5.75 Å². The number of carbonyl (C=O) groups is 2. The van der Waals surface area contributed by atoms with Crippen molar-refractivity contribution in [2.75, 3.05) is 17.3 Å². The first-order valence-corrected chi connectivity index (χ1v) is 8.22. The van der Waals surface area contributed by atoms with Crippen LogP contribution in [0.2, 0.25) is 0 Å². The Kier molecular flexibility index (Phi) is 4.76. The van der Waals surface area contributed by atoms with Gasteiger partial charge in [-0.05, 0) is 30.2 Å². The van der Waals surface area contributed by atoms with Crippen molar-refractivity contribution in [1.82, 2.24) is 0 Å². The Morgan fingerprint density at radius 1 is 1.04 bits per heavy atom. The molecule has 0 bridgehead atoms. The molecule has 1 heterocycles. The van der Waals surface area contributed by atoms with Gasteiger partial charge >= 0.3 is 0 Å². The summed E-state index contributed by atoms with van der Waals surface area (Å²) in [7, 11) is 1.48. The Hall–Kier alpha value is -2.79. The SMILES string of the molecule is CCc1ccccc1NC1=C(Cl)C(=O)N(c2ccccc2OC)C1=O. The van der Waals surface area contributed by atoms with Crippen molar-refractivity contribution >= 4 is 34.8 Å². The second kappa shape index (κ2) is 6.99. The van der Waals surface area contributed by atoms with E-state index in [1.807, 2.05) is 31.2 Å². The Bertz CT molecular complexity index is 876. The minimum atomic E-state index is -0.576. The summed E-state index contributed by atoms with van der Waals surface area (Å²) in [5, 5.41) is 2.89. The molecule has 2 aromatic rings. The standard InChI is InChI=1S/C19H17ClN2O3/c1-3-12-8-4-5-9-13(12)21-17-16(20)18(23)22(19(17)24)14-10-6-7-11-15(14)25-2/h4-11,21H,3H2,1-2H3. The summed E-state index contributed by atoms with van der Waals surface area (Å²) in [6.45, 7) is 2.01. The molecular formula is C19H17ClN2O3. The quantitative estimate of drug-likeness (QED) is 0.830. The molecule has 1 N–H and O–H groups in total. The van der Waals surface area contributed by atoms with Crippen LogP contribution in [0.15, 0.2) is 59.3 Å². The molecule has 6 heteroatoms. The lowest BCUT2D eigenvalue weighted by Crippen LogP contribution is -2.32. The number of anilines is 2. The third-order valence-electron chi connectivity index (χ3n) is 4.01. The monoisotopic (exact) mass is 356 g/mol. The topological polar surface area (TPSA) is 58.6 Å². The molecule has 0 saturated heterocycles. The smallest absolute Gasteiger partial charge is 0.283 e. The number of methoxy groups -OCH3 is 1. The zero-order valence-corrected chi connectivity index (χ0v) is 14.6. The van der Waals surface area contributed by atoms with E-state index >= 15 is 0 Å². The average Bonchev–Trinajstić information content (AvgIpc) is 2.85. The van der Waals surface area contributed by atoms with Crippen molar-refractivity contribution in [2.24, 2.45) is 0 Å². The molecule has 0 aromatic heterocycles. The van der Waals surface area contributed by atoms with Crippen molar-refractivity contribution in [3.63, 3.8) is 0 Å². The lowest BCUT2D eigenvalue weighted by Gasteiger charge is -2.18. The number of rotatable bonds is 5. The number of hydrogen-bond donors (Lipinski definition) is 1. The van der Waals surface area contributed by atoms with Gasteiger partial charge in [-0.3, -0.25) is 9.59 Å². The first kappa shape index (κ1) is 17.0. The van der Waals surface area contributed by atoms with Crippen LogP contribution in [0.3, 0.4) is 0 Å². The van der Waals surface area contributed by atoms with E-state index in [9.17, 15) is 9.59 Å². The van der Waals surface area contributed by atoms with E-state index in [0.717, 1.165) is 22.6 Å². The number of nitrogens with zero attached hydrogens (tertiary/aromatic N) is 1. The van der Waals surface area contributed by atoms with E-state index in [1.54, 1.807) is 24.3 Å². The molecule has 0 aliphatic carbocycles. The molecule has 0 fully saturated rings. The molecule has 1 aliphatic rings. The summed E-state index contributed by atoms with van der Waals surface area (Å²) >= 11 is 6.17. The molecule has 0 spiro atoms. The van der Waals surface area contributed by atoms with Gasteiger partial charge in [0.05, 0.1) is 12.8 Å². The van der Waals surface area contributed by atoms with Gasteiger partial charge in [0.25, 0.3) is 11.8 Å². The summed E-state index contributed by atoms with van der Waals surface area (Å²) in [6.07, 6.45) is 0.784. The number of para-hydroxylation sites is 3. The maximum atomic E-state index is 12.8. The highest BCUT2D eigenvalue weighted by atomic mass is 35.5. The van der Waals surface area contributed by atoms with E-state index in [4.69, 9.17) is 16.3 Å². The van der Waals surface area contributed by atoms with Gasteiger partial charge in [-0.25, -0.2) is 4.90 Å². The number of aryl methyl sites for hydroxylation is 1. The molecule has 1 aliphatic heterocycles. The lowest BCUT2D eigenvalue weighted by molar-refractivity contribution is -0.120. The highest BCUT2D eigenvalue weighted by Gasteiger charge is 2.40. The summed E-state index contributed by atoms with van der Waals surface area (Å²) in [5.74, 6) is -0.665. The van der Waals surface area contributed by atoms with Gasteiger partial charge in [0, 0.05) is 5.69 Å². The van der Waals surface area contributed by atoms with E-state index in [0.29, 0.717) is 11.4 Å². The number of carbonyl (C=O) groups excluding carboxylic acids is 2. The Labute approximate surface area is 150 Å². The third kappa shape index (κ3) is 2.98. The zero-order valence-electron chi connectivity index (χ0n) is 13.9. The number of benzene rings is 2. The van der Waals surface area contributed by atoms with Crippen molar-refractivity contribution < 1.29 is 14.3 Å². The van der Waals surface area contributed by atoms with Crippen LogP contribution in [0.1, 0.15) is 12.5 Å². The fourth-order valence-corrected chi connectivity index (χ4v) is 2.94. The molecule has 0 radical (unpaired) electrons. The van der Waals surface area contributed by atoms with Crippen molar-refractivity contribution in [2.45, 2.75) is 13.3 Å². The molecule has 0 unspecified atom stereocenters. The molecule has 2 aromatic carbocycles. The van der Waals surface area contributed by atoms with Gasteiger partial charge in [0.1, 0.15) is 16.5 Å². The van der Waals surface area contributed by atoms with Gasteiger partial charge in [0.15, 0.2) is 0 Å². The predicted octanol–water partition coefficient (Wildman–Crippen LogP) is 3.69. The molecule has 25 heavy (non-hydrogen) atoms. The van der Waals surface area contributed by atoms with Crippen LogP contribution in [-0.2, 0) is 16.0 Å². The zero-order chi connectivity index (χ0) is 18.0. The summed E-state index contributed by atoms with van der Waals surface area (Å²) in [6, 6.07) is 14.4. The normalized spacial score (nSPS) is 14.3. The lowest BCUT2D eigenvalue weighted by atomic mass is 10.1. The van der Waals surface area contributed by atoms with Gasteiger partial charge in [-0.1, -0.05) is 48.9 Å². The average molecular weight is 357 g/mol. The molecule has 0 atom stereocenters. The van der Waals surface area contributed by atoms with Crippen LogP contribution in [0.25, 0.3) is 0 Å². The first-order valence-electron chi connectivity index (χ1n) is 7.85. The summed E-state index contributed by atoms with van der Waals surface area (Å²) < 4.78 is 5.25. The van der Waals surface area contributed by atoms with Crippen LogP contribution in [0.4, 0.5) is 11.4 Å². The van der Waals surface area contributed by atoms with Crippen molar-refractivity contribution in [1.29, 1.82) is 0 Å². The number of ether oxygens (including phenoxy) is 1.